The molecule has 0 radical (unpaired) electrons. The molecule has 2 rings (SSSR count). The molecule has 0 aliphatic heterocycles. The lowest BCUT2D eigenvalue weighted by atomic mass is 9.70. The van der Waals surface area contributed by atoms with E-state index in [1.165, 1.54) is 13.8 Å². The number of esters is 2. The van der Waals surface area contributed by atoms with Gasteiger partial charge < -0.3 is 14.6 Å². The predicted molar refractivity (Wildman–Crippen MR) is 118 cm³/mol. The number of ether oxygens (including phenoxy) is 2. The SMILES string of the molecule is CCCCCc1cc(OC(C)=O)c(C2C=C(C)C(O)C[C@H]2C(C)C)c(OC(C)=O)c1. The maximum absolute atomic E-state index is 11.9. The van der Waals surface area contributed by atoms with Gasteiger partial charge in [0.15, 0.2) is 0 Å². The second kappa shape index (κ2) is 10.8. The third-order valence-electron chi connectivity index (χ3n) is 5.85. The number of benzene rings is 1. The molecule has 0 saturated heterocycles. The summed E-state index contributed by atoms with van der Waals surface area (Å²) >= 11 is 0. The van der Waals surface area contributed by atoms with Crippen LogP contribution in [0.5, 0.6) is 11.5 Å². The molecule has 0 fully saturated rings. The van der Waals surface area contributed by atoms with E-state index in [2.05, 4.69) is 20.8 Å². The smallest absolute Gasteiger partial charge is 0.308 e. The first-order valence-corrected chi connectivity index (χ1v) is 11.0. The summed E-state index contributed by atoms with van der Waals surface area (Å²) in [5, 5.41) is 10.4. The van der Waals surface area contributed by atoms with Gasteiger partial charge in [0.25, 0.3) is 0 Å². The maximum atomic E-state index is 11.9. The fraction of sp³-hybridized carbons (Fsp3) is 0.600. The second-order valence-corrected chi connectivity index (χ2v) is 8.75. The van der Waals surface area contributed by atoms with Gasteiger partial charge >= 0.3 is 11.9 Å². The van der Waals surface area contributed by atoms with Crippen molar-refractivity contribution >= 4 is 11.9 Å². The number of carbonyl (C=O) groups is 2. The fourth-order valence-electron chi connectivity index (χ4n) is 4.28. The molecule has 1 N–H and O–H groups in total. The first-order chi connectivity index (χ1) is 14.1. The first kappa shape index (κ1) is 24.1. The van der Waals surface area contributed by atoms with Gasteiger partial charge in [0.05, 0.1) is 6.10 Å². The van der Waals surface area contributed by atoms with Crippen LogP contribution in [0.4, 0.5) is 0 Å². The lowest BCUT2D eigenvalue weighted by Gasteiger charge is -2.36. The lowest BCUT2D eigenvalue weighted by Crippen LogP contribution is -2.29. The number of aliphatic hydroxyl groups is 1. The van der Waals surface area contributed by atoms with E-state index in [4.69, 9.17) is 9.47 Å². The molecular weight excluding hydrogens is 380 g/mol. The van der Waals surface area contributed by atoms with Crippen molar-refractivity contribution in [1.29, 1.82) is 0 Å². The van der Waals surface area contributed by atoms with Crippen LogP contribution in [0, 0.1) is 11.8 Å². The number of rotatable bonds is 8. The van der Waals surface area contributed by atoms with Crippen LogP contribution in [0.15, 0.2) is 23.8 Å². The highest BCUT2D eigenvalue weighted by molar-refractivity contribution is 5.73. The van der Waals surface area contributed by atoms with Crippen molar-refractivity contribution in [3.05, 3.63) is 34.9 Å². The molecule has 0 saturated carbocycles. The lowest BCUT2D eigenvalue weighted by molar-refractivity contribution is -0.132. The van der Waals surface area contributed by atoms with Crippen LogP contribution in [0.1, 0.15) is 84.3 Å². The molecule has 5 nitrogen and oxygen atoms in total. The van der Waals surface area contributed by atoms with Crippen molar-refractivity contribution in [2.75, 3.05) is 0 Å². The molecule has 5 heteroatoms. The quantitative estimate of drug-likeness (QED) is 0.268. The summed E-state index contributed by atoms with van der Waals surface area (Å²) in [4.78, 5) is 23.8. The summed E-state index contributed by atoms with van der Waals surface area (Å²) in [6, 6.07) is 3.82. The Morgan fingerprint density at radius 2 is 1.67 bits per heavy atom. The van der Waals surface area contributed by atoms with E-state index >= 15 is 0 Å². The summed E-state index contributed by atoms with van der Waals surface area (Å²) in [5.41, 5.74) is 2.58. The van der Waals surface area contributed by atoms with Crippen LogP contribution in [0.2, 0.25) is 0 Å². The third-order valence-corrected chi connectivity index (χ3v) is 5.85. The standard InChI is InChI=1S/C25H36O5/c1-7-8-9-10-19-12-23(29-17(5)26)25(24(13-19)30-18(6)27)21-11-16(4)22(28)14-20(21)15(2)3/h11-13,15,20-22,28H,7-10,14H2,1-6H3/t20-,21?,22?/m0/s1. The fourth-order valence-corrected chi connectivity index (χ4v) is 4.28. The first-order valence-electron chi connectivity index (χ1n) is 11.0. The summed E-state index contributed by atoms with van der Waals surface area (Å²) < 4.78 is 11.3. The molecule has 1 aromatic rings. The summed E-state index contributed by atoms with van der Waals surface area (Å²) in [6.07, 6.45) is 6.20. The van der Waals surface area contributed by atoms with Crippen LogP contribution in [0.25, 0.3) is 0 Å². The monoisotopic (exact) mass is 416 g/mol. The van der Waals surface area contributed by atoms with E-state index in [1.807, 2.05) is 25.1 Å². The van der Waals surface area contributed by atoms with Crippen molar-refractivity contribution in [1.82, 2.24) is 0 Å². The molecule has 0 bridgehead atoms. The molecule has 0 heterocycles. The highest BCUT2D eigenvalue weighted by atomic mass is 16.5. The number of allylic oxidation sites excluding steroid dienone is 1. The number of hydrogen-bond acceptors (Lipinski definition) is 5. The molecule has 0 amide bonds. The zero-order chi connectivity index (χ0) is 22.4. The van der Waals surface area contributed by atoms with E-state index in [0.717, 1.165) is 36.8 Å². The Labute approximate surface area is 180 Å². The Balaban J connectivity index is 2.66. The molecule has 0 spiro atoms. The van der Waals surface area contributed by atoms with Gasteiger partial charge in [0.2, 0.25) is 0 Å². The molecule has 30 heavy (non-hydrogen) atoms. The molecular formula is C25H36O5. The predicted octanol–water partition coefficient (Wildman–Crippen LogP) is 5.34. The maximum Gasteiger partial charge on any atom is 0.308 e. The molecule has 0 aromatic heterocycles. The highest BCUT2D eigenvalue weighted by Gasteiger charge is 2.36. The molecule has 1 aromatic carbocycles. The second-order valence-electron chi connectivity index (χ2n) is 8.75. The van der Waals surface area contributed by atoms with E-state index in [0.29, 0.717) is 23.5 Å². The van der Waals surface area contributed by atoms with Gasteiger partial charge in [-0.15, -0.1) is 0 Å². The Bertz CT molecular complexity index is 756. The minimum atomic E-state index is -0.490. The third kappa shape index (κ3) is 6.18. The van der Waals surface area contributed by atoms with Crippen LogP contribution in [0.3, 0.4) is 0 Å². The number of unbranched alkanes of at least 4 members (excludes halogenated alkanes) is 2. The van der Waals surface area contributed by atoms with E-state index < -0.39 is 18.0 Å². The molecule has 1 aliphatic rings. The van der Waals surface area contributed by atoms with Crippen LogP contribution in [-0.4, -0.2) is 23.1 Å². The van der Waals surface area contributed by atoms with E-state index in [9.17, 15) is 14.7 Å². The molecule has 166 valence electrons. The average molecular weight is 417 g/mol. The van der Waals surface area contributed by atoms with Gasteiger partial charge in [-0.2, -0.15) is 0 Å². The number of hydrogen-bond donors (Lipinski definition) is 1. The minimum Gasteiger partial charge on any atom is -0.426 e. The van der Waals surface area contributed by atoms with Gasteiger partial charge in [0.1, 0.15) is 11.5 Å². The van der Waals surface area contributed by atoms with Crippen molar-refractivity contribution < 1.29 is 24.2 Å². The van der Waals surface area contributed by atoms with Crippen LogP contribution >= 0.6 is 0 Å². The number of aliphatic hydroxyl groups excluding tert-OH is 1. The van der Waals surface area contributed by atoms with Crippen molar-refractivity contribution in [2.24, 2.45) is 11.8 Å². The Kier molecular flexibility index (Phi) is 8.65. The molecule has 2 unspecified atom stereocenters. The van der Waals surface area contributed by atoms with Gasteiger partial charge in [-0.25, -0.2) is 0 Å². The molecule has 3 atom stereocenters. The van der Waals surface area contributed by atoms with E-state index in [1.54, 1.807) is 0 Å². The van der Waals surface area contributed by atoms with Crippen molar-refractivity contribution in [2.45, 2.75) is 85.7 Å². The van der Waals surface area contributed by atoms with Gasteiger partial charge in [-0.3, -0.25) is 9.59 Å². The summed E-state index contributed by atoms with van der Waals surface area (Å²) in [6.45, 7) is 11.1. The average Bonchev–Trinajstić information content (AvgIpc) is 2.63. The normalized spacial score (nSPS) is 21.3. The zero-order valence-corrected chi connectivity index (χ0v) is 19.2. The zero-order valence-electron chi connectivity index (χ0n) is 19.2. The Hall–Kier alpha value is -2.14. The van der Waals surface area contributed by atoms with Gasteiger partial charge in [-0.1, -0.05) is 39.7 Å². The topological polar surface area (TPSA) is 72.8 Å². The van der Waals surface area contributed by atoms with Gasteiger partial charge in [-0.05, 0) is 61.3 Å². The van der Waals surface area contributed by atoms with Crippen molar-refractivity contribution in [3.63, 3.8) is 0 Å². The molecule has 1 aliphatic carbocycles. The Morgan fingerprint density at radius 1 is 1.10 bits per heavy atom. The summed E-state index contributed by atoms with van der Waals surface area (Å²) in [7, 11) is 0. The van der Waals surface area contributed by atoms with Crippen LogP contribution in [-0.2, 0) is 16.0 Å². The highest BCUT2D eigenvalue weighted by Crippen LogP contribution is 2.47. The largest absolute Gasteiger partial charge is 0.426 e. The van der Waals surface area contributed by atoms with E-state index in [-0.39, 0.29) is 17.8 Å². The van der Waals surface area contributed by atoms with Gasteiger partial charge in [0, 0.05) is 25.3 Å². The number of aryl methyl sites for hydroxylation is 1. The minimum absolute atomic E-state index is 0.123. The Morgan fingerprint density at radius 3 is 2.13 bits per heavy atom. The van der Waals surface area contributed by atoms with Crippen molar-refractivity contribution in [3.8, 4) is 11.5 Å². The number of carbonyl (C=O) groups excluding carboxylic acids is 2. The van der Waals surface area contributed by atoms with Crippen LogP contribution < -0.4 is 9.47 Å². The summed E-state index contributed by atoms with van der Waals surface area (Å²) in [5.74, 6) is 0.364.